The van der Waals surface area contributed by atoms with E-state index >= 15 is 0 Å². The van der Waals surface area contributed by atoms with Crippen LogP contribution in [-0.4, -0.2) is 30.8 Å². The van der Waals surface area contributed by atoms with E-state index in [1.807, 2.05) is 26.0 Å². The highest BCUT2D eigenvalue weighted by atomic mass is 32.1. The molecule has 2 aromatic rings. The summed E-state index contributed by atoms with van der Waals surface area (Å²) in [4.78, 5) is 28.1. The molecule has 1 fully saturated rings. The summed E-state index contributed by atoms with van der Waals surface area (Å²) in [7, 11) is 0. The number of rotatable bonds is 12. The van der Waals surface area contributed by atoms with Crippen LogP contribution in [0.2, 0.25) is 0 Å². The molecule has 0 aliphatic carbocycles. The van der Waals surface area contributed by atoms with Gasteiger partial charge in [0.1, 0.15) is 17.7 Å². The Morgan fingerprint density at radius 1 is 1.12 bits per heavy atom. The summed E-state index contributed by atoms with van der Waals surface area (Å²) in [6.07, 6.45) is 7.08. The van der Waals surface area contributed by atoms with Gasteiger partial charge < -0.3 is 9.47 Å². The minimum atomic E-state index is -0.264. The molecule has 1 amide bonds. The highest BCUT2D eigenvalue weighted by Crippen LogP contribution is 2.29. The normalized spacial score (nSPS) is 17.1. The highest BCUT2D eigenvalue weighted by Gasteiger charge is 2.32. The molecule has 2 atom stereocenters. The van der Waals surface area contributed by atoms with E-state index in [9.17, 15) is 9.59 Å². The third kappa shape index (κ3) is 7.15. The number of esters is 1. The molecule has 0 N–H and O–H groups in total. The van der Waals surface area contributed by atoms with E-state index < -0.39 is 0 Å². The number of carbonyl (C=O) groups is 2. The Bertz CT molecular complexity index is 905. The fraction of sp³-hybridized carbons (Fsp3) is 0.556. The standard InChI is InChI=1S/C27H37NO4S/c1-5-6-7-9-20(4)21-12-14-22(15-13-21)28-25(29)18-31-26(28)11-8-10-23-16-17-24(33-23)27(30)32-19(2)3/h12-17,19-20,26H,5-11,18H2,1-4H3. The van der Waals surface area contributed by atoms with E-state index in [1.54, 1.807) is 4.90 Å². The minimum absolute atomic E-state index is 0.0126. The van der Waals surface area contributed by atoms with Crippen LogP contribution in [0.25, 0.3) is 0 Å². The van der Waals surface area contributed by atoms with Gasteiger partial charge in [-0.2, -0.15) is 0 Å². The maximum Gasteiger partial charge on any atom is 0.348 e. The van der Waals surface area contributed by atoms with Crippen LogP contribution in [0.15, 0.2) is 36.4 Å². The first-order valence-corrected chi connectivity index (χ1v) is 13.0. The lowest BCUT2D eigenvalue weighted by atomic mass is 9.95. The van der Waals surface area contributed by atoms with Crippen molar-refractivity contribution in [2.24, 2.45) is 0 Å². The first-order chi connectivity index (χ1) is 15.9. The number of carbonyl (C=O) groups excluding carboxylic acids is 2. The van der Waals surface area contributed by atoms with Gasteiger partial charge >= 0.3 is 5.97 Å². The van der Waals surface area contributed by atoms with Gasteiger partial charge in [-0.1, -0.05) is 45.2 Å². The van der Waals surface area contributed by atoms with Gasteiger partial charge in [-0.3, -0.25) is 9.69 Å². The first-order valence-electron chi connectivity index (χ1n) is 12.2. The Hall–Kier alpha value is -2.18. The van der Waals surface area contributed by atoms with Crippen molar-refractivity contribution in [3.63, 3.8) is 0 Å². The maximum absolute atomic E-state index is 12.5. The summed E-state index contributed by atoms with van der Waals surface area (Å²) in [5.41, 5.74) is 2.23. The van der Waals surface area contributed by atoms with Crippen molar-refractivity contribution < 1.29 is 19.1 Å². The Morgan fingerprint density at radius 3 is 2.58 bits per heavy atom. The smallest absolute Gasteiger partial charge is 0.348 e. The van der Waals surface area contributed by atoms with E-state index in [1.165, 1.54) is 42.6 Å². The van der Waals surface area contributed by atoms with Gasteiger partial charge in [-0.05, 0) is 75.3 Å². The van der Waals surface area contributed by atoms with Gasteiger partial charge in [0.15, 0.2) is 0 Å². The molecule has 6 heteroatoms. The van der Waals surface area contributed by atoms with Crippen molar-refractivity contribution in [1.82, 2.24) is 0 Å². The highest BCUT2D eigenvalue weighted by molar-refractivity contribution is 7.13. The van der Waals surface area contributed by atoms with Crippen molar-refractivity contribution >= 4 is 28.9 Å². The number of thiophene rings is 1. The number of aryl methyl sites for hydroxylation is 1. The van der Waals surface area contributed by atoms with Gasteiger partial charge in [0.05, 0.1) is 6.10 Å². The van der Waals surface area contributed by atoms with Crippen molar-refractivity contribution in [3.05, 3.63) is 51.7 Å². The molecule has 33 heavy (non-hydrogen) atoms. The largest absolute Gasteiger partial charge is 0.459 e. The zero-order valence-electron chi connectivity index (χ0n) is 20.3. The average molecular weight is 472 g/mol. The number of unbranched alkanes of at least 4 members (excludes halogenated alkanes) is 2. The minimum Gasteiger partial charge on any atom is -0.459 e. The van der Waals surface area contributed by atoms with Crippen LogP contribution in [0.5, 0.6) is 0 Å². The predicted molar refractivity (Wildman–Crippen MR) is 134 cm³/mol. The molecule has 1 aromatic heterocycles. The Balaban J connectivity index is 1.54. The molecule has 5 nitrogen and oxygen atoms in total. The second kappa shape index (κ2) is 12.3. The summed E-state index contributed by atoms with van der Waals surface area (Å²) >= 11 is 1.48. The summed E-state index contributed by atoms with van der Waals surface area (Å²) in [6.45, 7) is 8.33. The van der Waals surface area contributed by atoms with E-state index in [-0.39, 0.29) is 30.8 Å². The molecule has 1 aliphatic rings. The number of hydrogen-bond acceptors (Lipinski definition) is 5. The van der Waals surface area contributed by atoms with Gasteiger partial charge in [-0.25, -0.2) is 4.79 Å². The van der Waals surface area contributed by atoms with Crippen molar-refractivity contribution in [2.75, 3.05) is 11.5 Å². The lowest BCUT2D eigenvalue weighted by Crippen LogP contribution is -2.33. The molecular formula is C27H37NO4S. The molecule has 180 valence electrons. The molecule has 1 aliphatic heterocycles. The number of benzene rings is 1. The summed E-state index contributed by atoms with van der Waals surface area (Å²) in [6, 6.07) is 12.2. The lowest BCUT2D eigenvalue weighted by Gasteiger charge is -2.24. The third-order valence-corrected chi connectivity index (χ3v) is 7.14. The summed E-state index contributed by atoms with van der Waals surface area (Å²) < 4.78 is 11.1. The fourth-order valence-electron chi connectivity index (χ4n) is 4.17. The average Bonchev–Trinajstić information content (AvgIpc) is 3.40. The van der Waals surface area contributed by atoms with Gasteiger partial charge in [0.2, 0.25) is 0 Å². The number of anilines is 1. The molecule has 0 saturated carbocycles. The number of nitrogens with zero attached hydrogens (tertiary/aromatic N) is 1. The Labute approximate surface area is 202 Å². The van der Waals surface area contributed by atoms with Crippen LogP contribution in [-0.2, 0) is 20.7 Å². The summed E-state index contributed by atoms with van der Waals surface area (Å²) in [5.74, 6) is 0.277. The molecule has 3 rings (SSSR count). The maximum atomic E-state index is 12.5. The molecular weight excluding hydrogens is 434 g/mol. The molecule has 1 saturated heterocycles. The van der Waals surface area contributed by atoms with Gasteiger partial charge in [0, 0.05) is 10.6 Å². The fourth-order valence-corrected chi connectivity index (χ4v) is 5.10. The second-order valence-corrected chi connectivity index (χ2v) is 10.3. The quantitative estimate of drug-likeness (QED) is 0.255. The van der Waals surface area contributed by atoms with Crippen LogP contribution in [0.3, 0.4) is 0 Å². The number of hydrogen-bond donors (Lipinski definition) is 0. The molecule has 2 heterocycles. The predicted octanol–water partition coefficient (Wildman–Crippen LogP) is 6.71. The molecule has 2 unspecified atom stereocenters. The number of ether oxygens (including phenoxy) is 2. The van der Waals surface area contributed by atoms with Crippen LogP contribution >= 0.6 is 11.3 Å². The van der Waals surface area contributed by atoms with Crippen LogP contribution in [0.4, 0.5) is 5.69 Å². The Morgan fingerprint density at radius 2 is 1.88 bits per heavy atom. The summed E-state index contributed by atoms with van der Waals surface area (Å²) in [5, 5.41) is 0. The molecule has 0 radical (unpaired) electrons. The van der Waals surface area contributed by atoms with E-state index in [4.69, 9.17) is 9.47 Å². The molecule has 1 aromatic carbocycles. The zero-order valence-corrected chi connectivity index (χ0v) is 21.2. The van der Waals surface area contributed by atoms with E-state index in [2.05, 4.69) is 38.1 Å². The van der Waals surface area contributed by atoms with Crippen molar-refractivity contribution in [2.45, 2.75) is 90.9 Å². The van der Waals surface area contributed by atoms with Crippen LogP contribution < -0.4 is 4.90 Å². The lowest BCUT2D eigenvalue weighted by molar-refractivity contribution is -0.117. The topological polar surface area (TPSA) is 55.8 Å². The number of amides is 1. The first kappa shape index (κ1) is 25.4. The third-order valence-electron chi connectivity index (χ3n) is 6.02. The van der Waals surface area contributed by atoms with Crippen LogP contribution in [0.1, 0.15) is 92.3 Å². The second-order valence-electron chi connectivity index (χ2n) is 9.13. The monoisotopic (exact) mass is 471 g/mol. The molecule has 0 spiro atoms. The Kier molecular flexibility index (Phi) is 9.51. The van der Waals surface area contributed by atoms with Crippen LogP contribution in [0, 0.1) is 0 Å². The molecule has 0 bridgehead atoms. The van der Waals surface area contributed by atoms with Gasteiger partial charge in [0.25, 0.3) is 5.91 Å². The van der Waals surface area contributed by atoms with Gasteiger partial charge in [-0.15, -0.1) is 11.3 Å². The van der Waals surface area contributed by atoms with E-state index in [0.29, 0.717) is 10.8 Å². The zero-order chi connectivity index (χ0) is 23.8. The van der Waals surface area contributed by atoms with E-state index in [0.717, 1.165) is 29.8 Å². The SMILES string of the molecule is CCCCCC(C)c1ccc(N2C(=O)COC2CCCc2ccc(C(=O)OC(C)C)s2)cc1. The van der Waals surface area contributed by atoms with Crippen molar-refractivity contribution in [3.8, 4) is 0 Å². The van der Waals surface area contributed by atoms with Crippen molar-refractivity contribution in [1.29, 1.82) is 0 Å².